The third-order valence-electron chi connectivity index (χ3n) is 2.92. The molecule has 2 aromatic rings. The van der Waals surface area contributed by atoms with Gasteiger partial charge in [0.05, 0.1) is 11.1 Å². The van der Waals surface area contributed by atoms with Crippen molar-refractivity contribution in [2.24, 2.45) is 0 Å². The summed E-state index contributed by atoms with van der Waals surface area (Å²) >= 11 is 0. The highest BCUT2D eigenvalue weighted by molar-refractivity contribution is 6.26. The van der Waals surface area contributed by atoms with Gasteiger partial charge in [-0.3, -0.25) is 9.59 Å². The van der Waals surface area contributed by atoms with Crippen LogP contribution in [0.5, 0.6) is 0 Å². The molecule has 0 atom stereocenters. The van der Waals surface area contributed by atoms with Crippen molar-refractivity contribution in [3.8, 4) is 0 Å². The minimum Gasteiger partial charge on any atom is -0.330 e. The number of hydrogen-bond acceptors (Lipinski definition) is 4. The molecule has 0 saturated heterocycles. The van der Waals surface area contributed by atoms with Crippen LogP contribution in [0.4, 0.5) is 0 Å². The van der Waals surface area contributed by atoms with E-state index in [1.807, 2.05) is 0 Å². The van der Waals surface area contributed by atoms with Gasteiger partial charge < -0.3 is 4.84 Å². The molecule has 0 aliphatic carbocycles. The third kappa shape index (κ3) is 1.59. The molecule has 5 nitrogen and oxygen atoms in total. The second kappa shape index (κ2) is 3.91. The summed E-state index contributed by atoms with van der Waals surface area (Å²) in [4.78, 5) is 40.3. The summed E-state index contributed by atoms with van der Waals surface area (Å²) in [7, 11) is 0. The molecule has 0 N–H and O–H groups in total. The molecule has 0 fully saturated rings. The van der Waals surface area contributed by atoms with Crippen LogP contribution in [0, 0.1) is 0 Å². The Balaban J connectivity index is 2.06. The first-order valence-corrected chi connectivity index (χ1v) is 5.43. The van der Waals surface area contributed by atoms with Crippen molar-refractivity contribution < 1.29 is 23.3 Å². The molecule has 1 heterocycles. The summed E-state index contributed by atoms with van der Waals surface area (Å²) in [5.74, 6) is -3.34. The van der Waals surface area contributed by atoms with E-state index in [4.69, 9.17) is 4.11 Å². The van der Waals surface area contributed by atoms with E-state index in [-0.39, 0.29) is 16.2 Å². The smallest absolute Gasteiger partial charge is 0.330 e. The first-order valence-electron chi connectivity index (χ1n) is 6.93. The summed E-state index contributed by atoms with van der Waals surface area (Å²) in [6, 6.07) is 10.0. The Hall–Kier alpha value is -2.69. The van der Waals surface area contributed by atoms with Crippen molar-refractivity contribution in [2.45, 2.75) is 6.85 Å². The molecule has 2 amide bonds. The number of fused-ring (bicyclic) bond motifs is 3. The number of hydroxylamine groups is 2. The van der Waals surface area contributed by atoms with Crippen LogP contribution in [-0.2, 0) is 9.63 Å². The van der Waals surface area contributed by atoms with Crippen molar-refractivity contribution in [1.29, 1.82) is 0 Å². The molecule has 5 heteroatoms. The summed E-state index contributed by atoms with van der Waals surface area (Å²) < 4.78 is 20.8. The van der Waals surface area contributed by atoms with Gasteiger partial charge in [0.15, 0.2) is 0 Å². The van der Waals surface area contributed by atoms with Crippen LogP contribution < -0.4 is 0 Å². The summed E-state index contributed by atoms with van der Waals surface area (Å²) in [5, 5.41) is 1.48. The number of imide groups is 1. The lowest BCUT2D eigenvalue weighted by atomic mass is 10.0. The van der Waals surface area contributed by atoms with E-state index in [2.05, 4.69) is 4.84 Å². The molecule has 1 aliphatic rings. The van der Waals surface area contributed by atoms with Gasteiger partial charge >= 0.3 is 5.97 Å². The molecule has 0 aromatic heterocycles. The number of rotatable bonds is 1. The Kier molecular flexibility index (Phi) is 1.73. The van der Waals surface area contributed by atoms with Gasteiger partial charge in [0.1, 0.15) is 0 Å². The summed E-state index contributed by atoms with van der Waals surface area (Å²) in [5.41, 5.74) is 0.170. The quantitative estimate of drug-likeness (QED) is 0.736. The third-order valence-corrected chi connectivity index (χ3v) is 2.92. The Labute approximate surface area is 112 Å². The molecule has 19 heavy (non-hydrogen) atoms. The topological polar surface area (TPSA) is 63.7 Å². The lowest BCUT2D eigenvalue weighted by Crippen LogP contribution is -2.31. The molecule has 0 saturated carbocycles. The molecule has 3 rings (SSSR count). The average Bonchev–Trinajstić information content (AvgIpc) is 2.71. The fourth-order valence-electron chi connectivity index (χ4n) is 2.15. The highest BCUT2D eigenvalue weighted by Crippen LogP contribution is 2.30. The number of amides is 2. The number of hydrogen-bond donors (Lipinski definition) is 0. The Morgan fingerprint density at radius 1 is 1.16 bits per heavy atom. The maximum atomic E-state index is 12.3. The lowest BCUT2D eigenvalue weighted by molar-refractivity contribution is -0.165. The van der Waals surface area contributed by atoms with Crippen molar-refractivity contribution in [1.82, 2.24) is 5.06 Å². The van der Waals surface area contributed by atoms with E-state index in [9.17, 15) is 14.4 Å². The second-order valence-electron chi connectivity index (χ2n) is 3.99. The van der Waals surface area contributed by atoms with Crippen LogP contribution in [0.15, 0.2) is 36.4 Å². The highest BCUT2D eigenvalue weighted by Gasteiger charge is 2.39. The Bertz CT molecular complexity index is 828. The Morgan fingerprint density at radius 3 is 2.74 bits per heavy atom. The van der Waals surface area contributed by atoms with Crippen LogP contribution in [0.2, 0.25) is 0 Å². The molecule has 94 valence electrons. The summed E-state index contributed by atoms with van der Waals surface area (Å²) in [6.07, 6.45) is 0. The number of nitrogens with zero attached hydrogens (tertiary/aromatic N) is 1. The minimum atomic E-state index is -3.06. The monoisotopic (exact) mass is 261 g/mol. The van der Waals surface area contributed by atoms with E-state index >= 15 is 0 Å². The van der Waals surface area contributed by atoms with Crippen LogP contribution in [0.1, 0.15) is 31.7 Å². The van der Waals surface area contributed by atoms with Crippen LogP contribution in [-0.4, -0.2) is 22.8 Å². The lowest BCUT2D eigenvalue weighted by Gasteiger charge is -2.10. The van der Waals surface area contributed by atoms with Crippen LogP contribution in [0.3, 0.4) is 0 Å². The minimum absolute atomic E-state index is 0.0713. The number of carbonyl (C=O) groups is 3. The first kappa shape index (κ1) is 8.42. The molecular formula is C14H9NO4. The van der Waals surface area contributed by atoms with Gasteiger partial charge in [-0.25, -0.2) is 4.79 Å². The van der Waals surface area contributed by atoms with Gasteiger partial charge in [0.2, 0.25) is 0 Å². The molecule has 2 aromatic carbocycles. The van der Waals surface area contributed by atoms with E-state index in [1.54, 1.807) is 30.3 Å². The van der Waals surface area contributed by atoms with E-state index in [1.165, 1.54) is 6.07 Å². The molecule has 0 radical (unpaired) electrons. The number of benzene rings is 2. The van der Waals surface area contributed by atoms with Gasteiger partial charge in [0, 0.05) is 11.0 Å². The molecule has 0 spiro atoms. The zero-order chi connectivity index (χ0) is 16.1. The fraction of sp³-hybridized carbons (Fsp3) is 0.0714. The zero-order valence-electron chi connectivity index (χ0n) is 12.5. The van der Waals surface area contributed by atoms with Crippen molar-refractivity contribution in [2.75, 3.05) is 0 Å². The fourth-order valence-corrected chi connectivity index (χ4v) is 2.15. The molecule has 1 aliphatic heterocycles. The zero-order valence-corrected chi connectivity index (χ0v) is 9.54. The predicted octanol–water partition coefficient (Wildman–Crippen LogP) is 1.91. The van der Waals surface area contributed by atoms with Gasteiger partial charge in [-0.15, -0.1) is 0 Å². The molecule has 0 bridgehead atoms. The van der Waals surface area contributed by atoms with Crippen LogP contribution in [0.25, 0.3) is 10.8 Å². The predicted molar refractivity (Wildman–Crippen MR) is 66.2 cm³/mol. The van der Waals surface area contributed by atoms with Gasteiger partial charge in [0.25, 0.3) is 11.8 Å². The normalized spacial score (nSPS) is 16.8. The Morgan fingerprint density at radius 2 is 1.95 bits per heavy atom. The van der Waals surface area contributed by atoms with E-state index in [0.717, 1.165) is 5.39 Å². The molecular weight excluding hydrogens is 246 g/mol. The summed E-state index contributed by atoms with van der Waals surface area (Å²) in [6.45, 7) is -3.06. The van der Waals surface area contributed by atoms with E-state index in [0.29, 0.717) is 5.39 Å². The average molecular weight is 261 g/mol. The number of carbonyl (C=O) groups excluding carboxylic acids is 3. The van der Waals surface area contributed by atoms with Gasteiger partial charge in [-0.05, 0) is 16.8 Å². The van der Waals surface area contributed by atoms with Crippen molar-refractivity contribution in [3.63, 3.8) is 0 Å². The first-order chi connectivity index (χ1) is 10.3. The maximum absolute atomic E-state index is 12.3. The highest BCUT2D eigenvalue weighted by atomic mass is 16.7. The van der Waals surface area contributed by atoms with Crippen molar-refractivity contribution >= 4 is 28.6 Å². The van der Waals surface area contributed by atoms with Crippen molar-refractivity contribution in [3.05, 3.63) is 47.5 Å². The van der Waals surface area contributed by atoms with E-state index < -0.39 is 24.6 Å². The largest absolute Gasteiger partial charge is 0.330 e. The van der Waals surface area contributed by atoms with Gasteiger partial charge in [-0.1, -0.05) is 35.4 Å². The standard InChI is InChI=1S/C14H9NO4/c1-8(16)19-15-13(17)11-7-6-9-4-2-3-5-10(9)12(11)14(15)18/h2-7H,1H3/i1T3. The second-order valence-corrected chi connectivity index (χ2v) is 3.99. The maximum Gasteiger partial charge on any atom is 0.330 e. The molecule has 0 unspecified atom stereocenters. The SMILES string of the molecule is [3H]C([3H])([3H])C(=O)ON1C(=O)c2ccc3ccccc3c2C1=O. The van der Waals surface area contributed by atoms with Gasteiger partial charge in [-0.2, -0.15) is 0 Å². The van der Waals surface area contributed by atoms with Crippen LogP contribution >= 0.6 is 0 Å².